The number of hydrogen-bond donors (Lipinski definition) is 1. The molecule has 1 N–H and O–H groups in total. The number of piperidine rings is 3. The van der Waals surface area contributed by atoms with Gasteiger partial charge in [0.1, 0.15) is 6.04 Å². The molecule has 6 heteroatoms. The van der Waals surface area contributed by atoms with Crippen LogP contribution in [0.2, 0.25) is 0 Å². The van der Waals surface area contributed by atoms with E-state index >= 15 is 0 Å². The number of fused-ring (bicyclic) bond motifs is 1. The number of nitrogens with one attached hydrogen (secondary N) is 1. The molecule has 0 saturated carbocycles. The second-order valence-electron chi connectivity index (χ2n) is 11.0. The molecule has 5 aliphatic heterocycles. The predicted octanol–water partition coefficient (Wildman–Crippen LogP) is 3.15. The van der Waals surface area contributed by atoms with E-state index in [1.807, 2.05) is 6.07 Å². The summed E-state index contributed by atoms with van der Waals surface area (Å²) >= 11 is 0. The summed E-state index contributed by atoms with van der Waals surface area (Å²) in [7, 11) is 0. The minimum Gasteiger partial charge on any atom is -0.322 e. The van der Waals surface area contributed by atoms with Crippen molar-refractivity contribution in [2.75, 3.05) is 0 Å². The van der Waals surface area contributed by atoms with Crippen molar-refractivity contribution in [2.45, 2.75) is 81.1 Å². The average Bonchev–Trinajstić information content (AvgIpc) is 3.12. The van der Waals surface area contributed by atoms with E-state index in [-0.39, 0.29) is 24.1 Å². The topological polar surface area (TPSA) is 69.7 Å². The number of imide groups is 1. The van der Waals surface area contributed by atoms with E-state index in [4.69, 9.17) is 0 Å². The SMILES string of the molecule is O=C1CCC(N2Cc3cc(C4C[C@@H]5CC6(Cc7ccccc7)C[C@H](C4)N56)ccc3C2=O)C(=O)N1. The van der Waals surface area contributed by atoms with Crippen molar-refractivity contribution in [1.82, 2.24) is 15.1 Å². The molecule has 34 heavy (non-hydrogen) atoms. The number of amides is 3. The molecular formula is C28H29N3O3. The van der Waals surface area contributed by atoms with Gasteiger partial charge in [0, 0.05) is 36.2 Å². The molecule has 4 saturated heterocycles. The Labute approximate surface area is 199 Å². The quantitative estimate of drug-likeness (QED) is 0.719. The first-order valence-corrected chi connectivity index (χ1v) is 12.6. The van der Waals surface area contributed by atoms with Crippen LogP contribution in [0.1, 0.15) is 71.5 Å². The second-order valence-corrected chi connectivity index (χ2v) is 11.0. The van der Waals surface area contributed by atoms with Crippen molar-refractivity contribution in [1.29, 1.82) is 0 Å². The van der Waals surface area contributed by atoms with Gasteiger partial charge in [-0.3, -0.25) is 24.6 Å². The molecule has 0 radical (unpaired) electrons. The van der Waals surface area contributed by atoms with Crippen LogP contribution in [0.5, 0.6) is 0 Å². The van der Waals surface area contributed by atoms with E-state index in [0.29, 0.717) is 42.1 Å². The maximum Gasteiger partial charge on any atom is 0.255 e. The van der Waals surface area contributed by atoms with Crippen LogP contribution in [0, 0.1) is 0 Å². The Morgan fingerprint density at radius 3 is 2.47 bits per heavy atom. The number of carbonyl (C=O) groups excluding carboxylic acids is 3. The van der Waals surface area contributed by atoms with Crippen molar-refractivity contribution in [2.24, 2.45) is 0 Å². The van der Waals surface area contributed by atoms with Crippen LogP contribution in [0.3, 0.4) is 0 Å². The van der Waals surface area contributed by atoms with Gasteiger partial charge < -0.3 is 4.90 Å². The van der Waals surface area contributed by atoms with Gasteiger partial charge in [0.05, 0.1) is 0 Å². The van der Waals surface area contributed by atoms with Crippen LogP contribution in [0.15, 0.2) is 48.5 Å². The van der Waals surface area contributed by atoms with Gasteiger partial charge in [-0.2, -0.15) is 0 Å². The molecule has 6 nitrogen and oxygen atoms in total. The molecule has 0 aliphatic carbocycles. The lowest BCUT2D eigenvalue weighted by molar-refractivity contribution is -0.221. The van der Waals surface area contributed by atoms with Gasteiger partial charge in [0.15, 0.2) is 0 Å². The molecule has 2 aromatic rings. The number of rotatable bonds is 4. The molecule has 3 unspecified atom stereocenters. The van der Waals surface area contributed by atoms with E-state index in [2.05, 4.69) is 52.7 Å². The largest absolute Gasteiger partial charge is 0.322 e. The maximum absolute atomic E-state index is 13.0. The summed E-state index contributed by atoms with van der Waals surface area (Å²) < 4.78 is 0. The third kappa shape index (κ3) is 2.94. The first-order valence-electron chi connectivity index (χ1n) is 12.6. The van der Waals surface area contributed by atoms with E-state index in [1.165, 1.54) is 43.2 Å². The van der Waals surface area contributed by atoms with Crippen LogP contribution < -0.4 is 5.32 Å². The van der Waals surface area contributed by atoms with Gasteiger partial charge in [-0.05, 0) is 67.2 Å². The summed E-state index contributed by atoms with van der Waals surface area (Å²) in [6, 6.07) is 18.0. The van der Waals surface area contributed by atoms with Gasteiger partial charge in [0.2, 0.25) is 11.8 Å². The third-order valence-corrected chi connectivity index (χ3v) is 9.07. The highest BCUT2D eigenvalue weighted by Crippen LogP contribution is 2.60. The molecule has 3 amide bonds. The summed E-state index contributed by atoms with van der Waals surface area (Å²) in [6.07, 6.45) is 6.83. The van der Waals surface area contributed by atoms with Crippen molar-refractivity contribution >= 4 is 17.7 Å². The van der Waals surface area contributed by atoms with Crippen LogP contribution in [-0.4, -0.2) is 51.2 Å². The van der Waals surface area contributed by atoms with Crippen molar-refractivity contribution in [3.8, 4) is 0 Å². The maximum atomic E-state index is 13.0. The Balaban J connectivity index is 1.05. The summed E-state index contributed by atoms with van der Waals surface area (Å²) in [4.78, 5) is 41.3. The number of nitrogens with zero attached hydrogens (tertiary/aromatic N) is 2. The lowest BCUT2D eigenvalue weighted by atomic mass is 9.56. The smallest absolute Gasteiger partial charge is 0.255 e. The fourth-order valence-corrected chi connectivity index (χ4v) is 7.69. The Morgan fingerprint density at radius 2 is 1.74 bits per heavy atom. The molecule has 5 aliphatic rings. The van der Waals surface area contributed by atoms with Gasteiger partial charge in [-0.15, -0.1) is 0 Å². The van der Waals surface area contributed by atoms with Gasteiger partial charge in [-0.1, -0.05) is 42.5 Å². The van der Waals surface area contributed by atoms with Gasteiger partial charge >= 0.3 is 0 Å². The van der Waals surface area contributed by atoms with E-state index in [9.17, 15) is 14.4 Å². The predicted molar refractivity (Wildman–Crippen MR) is 126 cm³/mol. The molecule has 7 rings (SSSR count). The van der Waals surface area contributed by atoms with Crippen LogP contribution in [0.25, 0.3) is 0 Å². The lowest BCUT2D eigenvalue weighted by Crippen LogP contribution is -2.81. The molecule has 2 aromatic carbocycles. The molecule has 0 aromatic heterocycles. The Hall–Kier alpha value is -2.99. The zero-order chi connectivity index (χ0) is 23.0. The Bertz CT molecular complexity index is 1190. The normalized spacial score (nSPS) is 34.1. The molecular weight excluding hydrogens is 426 g/mol. The highest BCUT2D eigenvalue weighted by molar-refractivity contribution is 6.05. The Morgan fingerprint density at radius 1 is 0.971 bits per heavy atom. The van der Waals surface area contributed by atoms with Crippen LogP contribution in [-0.2, 0) is 22.6 Å². The average molecular weight is 456 g/mol. The number of benzene rings is 2. The highest BCUT2D eigenvalue weighted by Gasteiger charge is 2.64. The first-order chi connectivity index (χ1) is 16.5. The molecule has 5 atom stereocenters. The van der Waals surface area contributed by atoms with E-state index in [0.717, 1.165) is 5.56 Å². The Kier molecular flexibility index (Phi) is 4.35. The minimum atomic E-state index is -0.549. The third-order valence-electron chi connectivity index (χ3n) is 9.07. The van der Waals surface area contributed by atoms with Crippen molar-refractivity contribution in [3.05, 3.63) is 70.8 Å². The standard InChI is InChI=1S/C28H29N3O3/c32-25-9-8-24(26(33)29-25)30-16-20-10-18(6-7-23(20)27(30)34)19-11-21-14-28(15-22(12-19)31(21)28)13-17-4-2-1-3-5-17/h1-7,10,19,21-22,24H,8-9,11-16H2,(H,29,32,33)/t19?,21-,22+,24?,28?. The van der Waals surface area contributed by atoms with Gasteiger partial charge in [0.25, 0.3) is 5.91 Å². The highest BCUT2D eigenvalue weighted by atomic mass is 16.2. The fraction of sp³-hybridized carbons (Fsp3) is 0.464. The van der Waals surface area contributed by atoms with Crippen LogP contribution in [0.4, 0.5) is 0 Å². The molecule has 0 bridgehead atoms. The first kappa shape index (κ1) is 20.4. The summed E-state index contributed by atoms with van der Waals surface area (Å²) in [5.41, 5.74) is 4.92. The molecule has 5 heterocycles. The van der Waals surface area contributed by atoms with Crippen molar-refractivity contribution in [3.63, 3.8) is 0 Å². The summed E-state index contributed by atoms with van der Waals surface area (Å²) in [5, 5.41) is 2.38. The lowest BCUT2D eigenvalue weighted by Gasteiger charge is -2.74. The number of carbonyl (C=O) groups is 3. The number of hydrogen-bond acceptors (Lipinski definition) is 4. The van der Waals surface area contributed by atoms with Gasteiger partial charge in [-0.25, -0.2) is 0 Å². The molecule has 0 spiro atoms. The second kappa shape index (κ2) is 7.25. The molecule has 174 valence electrons. The monoisotopic (exact) mass is 455 g/mol. The minimum absolute atomic E-state index is 0.0884. The zero-order valence-corrected chi connectivity index (χ0v) is 19.2. The summed E-state index contributed by atoms with van der Waals surface area (Å²) in [6.45, 7) is 0.459. The fourth-order valence-electron chi connectivity index (χ4n) is 7.69. The van der Waals surface area contributed by atoms with Crippen LogP contribution >= 0.6 is 0 Å². The zero-order valence-electron chi connectivity index (χ0n) is 19.2. The van der Waals surface area contributed by atoms with E-state index in [1.54, 1.807) is 4.90 Å². The van der Waals surface area contributed by atoms with E-state index < -0.39 is 6.04 Å². The van der Waals surface area contributed by atoms with Crippen molar-refractivity contribution < 1.29 is 14.4 Å². The summed E-state index contributed by atoms with van der Waals surface area (Å²) in [5.74, 6) is -0.154. The molecule has 4 fully saturated rings.